The van der Waals surface area contributed by atoms with Gasteiger partial charge >= 0.3 is 0 Å². The van der Waals surface area contributed by atoms with Gasteiger partial charge in [-0.2, -0.15) is 0 Å². The first-order chi connectivity index (χ1) is 18.4. The Morgan fingerprint density at radius 1 is 1.05 bits per heavy atom. The molecule has 4 heterocycles. The molecule has 9 heteroatoms. The number of nitrogens with one attached hydrogen (secondary N) is 1. The number of aromatic nitrogens is 1. The van der Waals surface area contributed by atoms with Crippen molar-refractivity contribution < 1.29 is 23.1 Å². The third-order valence-corrected chi connectivity index (χ3v) is 7.93. The van der Waals surface area contributed by atoms with Crippen LogP contribution < -0.4 is 15.5 Å². The molecule has 0 saturated carbocycles. The number of benzene rings is 2. The van der Waals surface area contributed by atoms with Gasteiger partial charge in [0, 0.05) is 37.0 Å². The zero-order valence-corrected chi connectivity index (χ0v) is 20.8. The number of fused-ring (bicyclic) bond motifs is 1. The minimum absolute atomic E-state index is 0.0601. The molecule has 3 aliphatic heterocycles. The van der Waals surface area contributed by atoms with Gasteiger partial charge in [-0.25, -0.2) is 8.78 Å². The molecule has 1 fully saturated rings. The second-order valence-corrected chi connectivity index (χ2v) is 10.3. The summed E-state index contributed by atoms with van der Waals surface area (Å²) in [5, 5.41) is 2.63. The molecule has 3 aromatic rings. The standard InChI is InChI=1S/C29H27F2N3O4/c30-20-9-8-19(21(31)14-20)15-32-27(36)23-22-10-12-29-11-4-5-13-33(17-29)28(37)24(34(22)29)26(25(23)35)38-16-18-6-2-1-3-7-18/h1-3,6-9,14H,4-5,10-13,15-17H2,(H,32,36)/t29-/m1/s1. The zero-order chi connectivity index (χ0) is 26.4. The van der Waals surface area contributed by atoms with E-state index in [2.05, 4.69) is 5.32 Å². The lowest BCUT2D eigenvalue weighted by atomic mass is 9.89. The molecule has 196 valence electrons. The quantitative estimate of drug-likeness (QED) is 0.536. The van der Waals surface area contributed by atoms with Gasteiger partial charge < -0.3 is 19.5 Å². The lowest BCUT2D eigenvalue weighted by Crippen LogP contribution is -2.52. The number of nitrogens with zero attached hydrogens (tertiary/aromatic N) is 2. The predicted octanol–water partition coefficient (Wildman–Crippen LogP) is 3.92. The van der Waals surface area contributed by atoms with Gasteiger partial charge in [0.2, 0.25) is 5.43 Å². The van der Waals surface area contributed by atoms with Gasteiger partial charge in [-0.3, -0.25) is 14.4 Å². The second-order valence-electron chi connectivity index (χ2n) is 10.3. The van der Waals surface area contributed by atoms with Crippen molar-refractivity contribution in [1.82, 2.24) is 14.8 Å². The van der Waals surface area contributed by atoms with Crippen molar-refractivity contribution >= 4 is 11.8 Å². The molecule has 1 N–H and O–H groups in total. The van der Waals surface area contributed by atoms with Gasteiger partial charge in [0.05, 0.1) is 5.54 Å². The van der Waals surface area contributed by atoms with E-state index in [0.717, 1.165) is 37.0 Å². The summed E-state index contributed by atoms with van der Waals surface area (Å²) in [6.07, 6.45) is 3.81. The fourth-order valence-corrected chi connectivity index (χ4v) is 6.12. The summed E-state index contributed by atoms with van der Waals surface area (Å²) in [5.74, 6) is -2.56. The molecule has 38 heavy (non-hydrogen) atoms. The van der Waals surface area contributed by atoms with E-state index < -0.39 is 28.5 Å². The summed E-state index contributed by atoms with van der Waals surface area (Å²) in [6, 6.07) is 12.4. The van der Waals surface area contributed by atoms with Crippen molar-refractivity contribution in [3.63, 3.8) is 0 Å². The fourth-order valence-electron chi connectivity index (χ4n) is 6.12. The van der Waals surface area contributed by atoms with Crippen LogP contribution >= 0.6 is 0 Å². The normalized spacial score (nSPS) is 19.6. The topological polar surface area (TPSA) is 80.6 Å². The average Bonchev–Trinajstić information content (AvgIpc) is 3.14. The molecule has 0 radical (unpaired) electrons. The number of ether oxygens (including phenoxy) is 1. The number of carbonyl (C=O) groups excluding carboxylic acids is 2. The van der Waals surface area contributed by atoms with E-state index in [4.69, 9.17) is 4.74 Å². The Balaban J connectivity index is 1.45. The first-order valence-corrected chi connectivity index (χ1v) is 12.9. The Morgan fingerprint density at radius 2 is 1.87 bits per heavy atom. The number of halogens is 2. The highest BCUT2D eigenvalue weighted by molar-refractivity contribution is 6.00. The van der Waals surface area contributed by atoms with E-state index in [1.807, 2.05) is 39.8 Å². The predicted molar refractivity (Wildman–Crippen MR) is 135 cm³/mol. The molecule has 1 spiro atoms. The van der Waals surface area contributed by atoms with Crippen LogP contribution in [0.2, 0.25) is 0 Å². The van der Waals surface area contributed by atoms with Crippen LogP contribution in [0.5, 0.6) is 5.75 Å². The molecular formula is C29H27F2N3O4. The molecule has 3 aliphatic rings. The van der Waals surface area contributed by atoms with Crippen LogP contribution in [0.15, 0.2) is 53.3 Å². The summed E-state index contributed by atoms with van der Waals surface area (Å²) < 4.78 is 35.5. The molecule has 0 aliphatic carbocycles. The highest BCUT2D eigenvalue weighted by atomic mass is 19.1. The summed E-state index contributed by atoms with van der Waals surface area (Å²) >= 11 is 0. The number of amides is 2. The van der Waals surface area contributed by atoms with Crippen molar-refractivity contribution in [2.24, 2.45) is 0 Å². The molecule has 7 nitrogen and oxygen atoms in total. The Kier molecular flexibility index (Phi) is 6.01. The van der Waals surface area contributed by atoms with E-state index in [0.29, 0.717) is 31.6 Å². The lowest BCUT2D eigenvalue weighted by molar-refractivity contribution is 0.0580. The van der Waals surface area contributed by atoms with Crippen LogP contribution in [0.25, 0.3) is 0 Å². The summed E-state index contributed by atoms with van der Waals surface area (Å²) in [4.78, 5) is 42.8. The summed E-state index contributed by atoms with van der Waals surface area (Å²) in [7, 11) is 0. The van der Waals surface area contributed by atoms with Gasteiger partial charge in [-0.05, 0) is 43.7 Å². The Morgan fingerprint density at radius 3 is 2.66 bits per heavy atom. The van der Waals surface area contributed by atoms with Crippen molar-refractivity contribution in [2.45, 2.75) is 50.8 Å². The summed E-state index contributed by atoms with van der Waals surface area (Å²) in [5.41, 5.74) is 0.521. The molecule has 6 rings (SSSR count). The zero-order valence-electron chi connectivity index (χ0n) is 20.8. The number of hydrogen-bond donors (Lipinski definition) is 1. The number of pyridine rings is 1. The summed E-state index contributed by atoms with van der Waals surface area (Å²) in [6.45, 7) is 0.997. The molecule has 1 aromatic heterocycles. The largest absolute Gasteiger partial charge is 0.483 e. The maximum atomic E-state index is 14.2. The minimum Gasteiger partial charge on any atom is -0.483 e. The molecule has 2 aromatic carbocycles. The van der Waals surface area contributed by atoms with Crippen LogP contribution in [0.3, 0.4) is 0 Å². The maximum absolute atomic E-state index is 14.2. The number of carbonyl (C=O) groups is 2. The third kappa shape index (κ3) is 3.97. The van der Waals surface area contributed by atoms with Gasteiger partial charge in [-0.1, -0.05) is 36.4 Å². The number of rotatable bonds is 6. The molecular weight excluding hydrogens is 492 g/mol. The molecule has 2 bridgehead atoms. The van der Waals surface area contributed by atoms with Crippen LogP contribution in [0, 0.1) is 11.6 Å². The van der Waals surface area contributed by atoms with Crippen LogP contribution in [0.1, 0.15) is 63.4 Å². The third-order valence-electron chi connectivity index (χ3n) is 7.93. The van der Waals surface area contributed by atoms with Crippen LogP contribution in [0.4, 0.5) is 8.78 Å². The smallest absolute Gasteiger partial charge is 0.274 e. The number of hydrogen-bond acceptors (Lipinski definition) is 4. The van der Waals surface area contributed by atoms with Gasteiger partial charge in [0.15, 0.2) is 11.4 Å². The van der Waals surface area contributed by atoms with Crippen molar-refractivity contribution in [3.8, 4) is 5.75 Å². The second kappa shape index (κ2) is 9.38. The lowest BCUT2D eigenvalue weighted by Gasteiger charge is -2.42. The Hall–Kier alpha value is -4.01. The average molecular weight is 520 g/mol. The molecule has 0 unspecified atom stereocenters. The minimum atomic E-state index is -0.785. The SMILES string of the molecule is O=C(NCc1ccc(F)cc1F)c1c2n3c(c(OCc4ccccc4)c1=O)C(=O)N1CCCC[C@@]3(CC2)C1. The van der Waals surface area contributed by atoms with Crippen molar-refractivity contribution in [2.75, 3.05) is 13.1 Å². The highest BCUT2D eigenvalue weighted by Crippen LogP contribution is 2.45. The van der Waals surface area contributed by atoms with Gasteiger partial charge in [0.1, 0.15) is 23.8 Å². The fraction of sp³-hybridized carbons (Fsp3) is 0.345. The van der Waals surface area contributed by atoms with Gasteiger partial charge in [-0.15, -0.1) is 0 Å². The van der Waals surface area contributed by atoms with E-state index in [1.165, 1.54) is 6.07 Å². The van der Waals surface area contributed by atoms with E-state index >= 15 is 0 Å². The molecule has 2 amide bonds. The van der Waals surface area contributed by atoms with Crippen molar-refractivity contribution in [3.05, 3.63) is 98.5 Å². The van der Waals surface area contributed by atoms with E-state index in [9.17, 15) is 23.2 Å². The Labute approximate surface area is 218 Å². The molecule has 1 atom stereocenters. The molecule has 1 saturated heterocycles. The highest BCUT2D eigenvalue weighted by Gasteiger charge is 2.50. The van der Waals surface area contributed by atoms with Crippen molar-refractivity contribution in [1.29, 1.82) is 0 Å². The monoisotopic (exact) mass is 519 g/mol. The van der Waals surface area contributed by atoms with Crippen LogP contribution in [-0.2, 0) is 25.1 Å². The first kappa shape index (κ1) is 24.3. The van der Waals surface area contributed by atoms with Gasteiger partial charge in [0.25, 0.3) is 11.8 Å². The van der Waals surface area contributed by atoms with Crippen LogP contribution in [-0.4, -0.2) is 34.4 Å². The van der Waals surface area contributed by atoms with E-state index in [-0.39, 0.29) is 41.6 Å². The van der Waals surface area contributed by atoms with E-state index in [1.54, 1.807) is 0 Å². The maximum Gasteiger partial charge on any atom is 0.274 e. The first-order valence-electron chi connectivity index (χ1n) is 12.9. The Bertz CT molecular complexity index is 1500.